The van der Waals surface area contributed by atoms with Crippen LogP contribution in [0.3, 0.4) is 0 Å². The van der Waals surface area contributed by atoms with Gasteiger partial charge in [0.05, 0.1) is 16.9 Å². The van der Waals surface area contributed by atoms with Crippen LogP contribution in [0.2, 0.25) is 0 Å². The number of fused-ring (bicyclic) bond motifs is 3. The Morgan fingerprint density at radius 3 is 1.40 bits per heavy atom. The molecule has 63 heavy (non-hydrogen) atoms. The van der Waals surface area contributed by atoms with Gasteiger partial charge in [-0.25, -0.2) is 0 Å². The monoisotopic (exact) mass is 809 g/mol. The maximum Gasteiger partial charge on any atom is 0.0554 e. The number of nitrogens with zero attached hydrogens (tertiary/aromatic N) is 1. The van der Waals surface area contributed by atoms with Crippen molar-refractivity contribution in [2.75, 3.05) is 0 Å². The van der Waals surface area contributed by atoms with Gasteiger partial charge in [0.1, 0.15) is 0 Å². The molecular weight excluding hydrogens is 763 g/mol. The van der Waals surface area contributed by atoms with Crippen LogP contribution in [0.5, 0.6) is 0 Å². The van der Waals surface area contributed by atoms with Crippen molar-refractivity contribution >= 4 is 38.5 Å². The molecule has 0 aliphatic heterocycles. The van der Waals surface area contributed by atoms with Crippen LogP contribution in [-0.4, -0.2) is 4.57 Å². The molecule has 1 heterocycles. The Kier molecular flexibility index (Phi) is 10.4. The van der Waals surface area contributed by atoms with Crippen LogP contribution in [0.4, 0.5) is 0 Å². The molecule has 0 bridgehead atoms. The Morgan fingerprint density at radius 1 is 0.413 bits per heavy atom. The Balaban J connectivity index is 1.20. The van der Waals surface area contributed by atoms with Gasteiger partial charge in [-0.2, -0.15) is 0 Å². The first-order valence-corrected chi connectivity index (χ1v) is 21.5. The van der Waals surface area contributed by atoms with Gasteiger partial charge in [-0.3, -0.25) is 0 Å². The molecule has 3 nitrogen and oxygen atoms in total. The highest BCUT2D eigenvalue weighted by Gasteiger charge is 2.20. The minimum atomic E-state index is 0.526. The minimum absolute atomic E-state index is 0.526. The van der Waals surface area contributed by atoms with Crippen molar-refractivity contribution in [3.63, 3.8) is 0 Å². The molecule has 0 fully saturated rings. The molecule has 10 rings (SSSR count). The van der Waals surface area contributed by atoms with Crippen molar-refractivity contribution in [2.24, 2.45) is 11.5 Å². The summed E-state index contributed by atoms with van der Waals surface area (Å²) in [5, 5.41) is 5.95. The summed E-state index contributed by atoms with van der Waals surface area (Å²) in [5.41, 5.74) is 30.4. The van der Waals surface area contributed by atoms with Crippen molar-refractivity contribution in [1.29, 1.82) is 0 Å². The number of rotatable bonds is 9. The number of para-hydroxylation sites is 1. The van der Waals surface area contributed by atoms with Gasteiger partial charge in [0.25, 0.3) is 0 Å². The number of nitrogens with two attached hydrogens (primary N) is 2. The van der Waals surface area contributed by atoms with Crippen LogP contribution in [0, 0.1) is 6.92 Å². The predicted molar refractivity (Wildman–Crippen MR) is 269 cm³/mol. The first-order valence-electron chi connectivity index (χ1n) is 21.5. The summed E-state index contributed by atoms with van der Waals surface area (Å²) in [4.78, 5) is 0. The van der Waals surface area contributed by atoms with Crippen LogP contribution in [0.15, 0.2) is 230 Å². The lowest BCUT2D eigenvalue weighted by atomic mass is 9.84. The number of hydrogen-bond acceptors (Lipinski definition) is 2. The summed E-state index contributed by atoms with van der Waals surface area (Å²) >= 11 is 0. The largest absolute Gasteiger partial charge is 0.397 e. The molecule has 0 unspecified atom stereocenters. The third-order valence-corrected chi connectivity index (χ3v) is 12.3. The Labute approximate surface area is 369 Å². The molecule has 0 aliphatic carbocycles. The van der Waals surface area contributed by atoms with E-state index in [0.717, 1.165) is 39.0 Å². The highest BCUT2D eigenvalue weighted by Crippen LogP contribution is 2.46. The first kappa shape index (κ1) is 39.0. The molecule has 0 atom stereocenters. The number of allylic oxidation sites excluding steroid dienone is 3. The van der Waals surface area contributed by atoms with E-state index >= 15 is 0 Å². The van der Waals surface area contributed by atoms with E-state index in [0.29, 0.717) is 11.4 Å². The molecule has 9 aromatic carbocycles. The van der Waals surface area contributed by atoms with Crippen molar-refractivity contribution in [3.8, 4) is 61.3 Å². The summed E-state index contributed by atoms with van der Waals surface area (Å²) < 4.78 is 2.31. The van der Waals surface area contributed by atoms with Crippen molar-refractivity contribution in [2.45, 2.75) is 13.8 Å². The van der Waals surface area contributed by atoms with E-state index in [9.17, 15) is 0 Å². The van der Waals surface area contributed by atoms with Crippen molar-refractivity contribution < 1.29 is 0 Å². The zero-order valence-corrected chi connectivity index (χ0v) is 35.5. The fourth-order valence-electron chi connectivity index (χ4n) is 9.15. The van der Waals surface area contributed by atoms with Gasteiger partial charge in [-0.1, -0.05) is 182 Å². The molecule has 0 aliphatic rings. The summed E-state index contributed by atoms with van der Waals surface area (Å²) in [6, 6.07) is 72.5. The van der Waals surface area contributed by atoms with E-state index in [1.54, 1.807) is 0 Å². The molecule has 0 amide bonds. The highest BCUT2D eigenvalue weighted by molar-refractivity contribution is 6.22. The number of aromatic nitrogens is 1. The second-order valence-electron chi connectivity index (χ2n) is 16.1. The lowest BCUT2D eigenvalue weighted by Gasteiger charge is -2.19. The smallest absolute Gasteiger partial charge is 0.0554 e. The van der Waals surface area contributed by atoms with Gasteiger partial charge in [-0.15, -0.1) is 0 Å². The van der Waals surface area contributed by atoms with Crippen LogP contribution >= 0.6 is 0 Å². The molecule has 3 heteroatoms. The summed E-state index contributed by atoms with van der Waals surface area (Å²) in [5.74, 6) is 0. The summed E-state index contributed by atoms with van der Waals surface area (Å²) in [7, 11) is 0. The summed E-state index contributed by atoms with van der Waals surface area (Å²) in [6.45, 7) is 4.12. The molecule has 0 saturated carbocycles. The lowest BCUT2D eigenvalue weighted by molar-refractivity contribution is 1.05. The molecule has 0 radical (unpaired) electrons. The van der Waals surface area contributed by atoms with Crippen molar-refractivity contribution in [3.05, 3.63) is 241 Å². The number of hydrogen-bond donors (Lipinski definition) is 2. The molecule has 4 N–H and O–H groups in total. The zero-order chi connectivity index (χ0) is 42.9. The lowest BCUT2D eigenvalue weighted by Crippen LogP contribution is -2.08. The van der Waals surface area contributed by atoms with E-state index in [2.05, 4.69) is 206 Å². The Morgan fingerprint density at radius 2 is 0.841 bits per heavy atom. The second-order valence-corrected chi connectivity index (χ2v) is 16.1. The van der Waals surface area contributed by atoms with E-state index in [4.69, 9.17) is 11.5 Å². The molecule has 1 aromatic heterocycles. The Hall–Kier alpha value is -8.14. The molecule has 302 valence electrons. The maximum atomic E-state index is 6.69. The molecule has 0 spiro atoms. The fraction of sp³-hybridized carbons (Fsp3) is 0.0333. The Bertz CT molecular complexity index is 3370. The standard InChI is InChI=1S/C60H47N3/c1-3-4-24-56(61)57(62)39-53-40(2)63(49-20-12-7-13-21-49)58-36-34-48(37-54(53)58)47-33-35-52-55(38-47)60(46-31-27-44(28-32-46)42-18-10-6-11-19-42)51-23-15-14-22-50(51)59(52)45-29-25-43(26-30-45)41-16-8-5-9-17-41/h3-39H,61-62H2,1-2H3/b4-3-,56-24-,57-39-. The zero-order valence-electron chi connectivity index (χ0n) is 35.5. The van der Waals surface area contributed by atoms with E-state index in [-0.39, 0.29) is 0 Å². The van der Waals surface area contributed by atoms with Gasteiger partial charge in [0.15, 0.2) is 0 Å². The first-order chi connectivity index (χ1) is 31.0. The molecular formula is C60H47N3. The average molecular weight is 810 g/mol. The highest BCUT2D eigenvalue weighted by atomic mass is 15.0. The quantitative estimate of drug-likeness (QED) is 0.113. The van der Waals surface area contributed by atoms with Gasteiger partial charge >= 0.3 is 0 Å². The van der Waals surface area contributed by atoms with E-state index in [1.165, 1.54) is 66.1 Å². The van der Waals surface area contributed by atoms with Crippen LogP contribution in [-0.2, 0) is 0 Å². The topological polar surface area (TPSA) is 57.0 Å². The van der Waals surface area contributed by atoms with Crippen LogP contribution in [0.25, 0.3) is 99.8 Å². The van der Waals surface area contributed by atoms with Crippen LogP contribution < -0.4 is 11.5 Å². The normalized spacial score (nSPS) is 12.2. The number of benzene rings is 9. The van der Waals surface area contributed by atoms with Gasteiger partial charge in [0.2, 0.25) is 0 Å². The van der Waals surface area contributed by atoms with Crippen LogP contribution in [0.1, 0.15) is 18.2 Å². The molecule has 10 aromatic rings. The van der Waals surface area contributed by atoms with Gasteiger partial charge in [0, 0.05) is 22.3 Å². The minimum Gasteiger partial charge on any atom is -0.397 e. The third-order valence-electron chi connectivity index (χ3n) is 12.3. The predicted octanol–water partition coefficient (Wildman–Crippen LogP) is 15.3. The van der Waals surface area contributed by atoms with E-state index < -0.39 is 0 Å². The van der Waals surface area contributed by atoms with Gasteiger partial charge < -0.3 is 16.0 Å². The third kappa shape index (κ3) is 7.30. The maximum absolute atomic E-state index is 6.69. The molecule has 0 saturated heterocycles. The second kappa shape index (κ2) is 16.7. The average Bonchev–Trinajstić information content (AvgIpc) is 3.62. The van der Waals surface area contributed by atoms with Crippen molar-refractivity contribution in [1.82, 2.24) is 4.57 Å². The van der Waals surface area contributed by atoms with Gasteiger partial charge in [-0.05, 0) is 134 Å². The fourth-order valence-corrected chi connectivity index (χ4v) is 9.15. The van der Waals surface area contributed by atoms with E-state index in [1.807, 2.05) is 37.3 Å². The SMILES string of the molecule is C\C=C/C=C(N)/C(N)=C/c1c(C)n(-c2ccccc2)c2ccc(-c3ccc4c(-c5ccc(-c6ccccc6)cc5)c5ccccc5c(-c5ccc(-c6ccccc6)cc5)c4c3)cc12. The summed E-state index contributed by atoms with van der Waals surface area (Å²) in [6.07, 6.45) is 7.73.